The van der Waals surface area contributed by atoms with E-state index in [0.29, 0.717) is 17.8 Å². The molecule has 0 bridgehead atoms. The quantitative estimate of drug-likeness (QED) is 0.582. The first-order valence-electron chi connectivity index (χ1n) is 8.59. The second-order valence-electron chi connectivity index (χ2n) is 6.16. The van der Waals surface area contributed by atoms with Crippen molar-refractivity contribution in [2.45, 2.75) is 13.5 Å². The Morgan fingerprint density at radius 2 is 1.89 bits per heavy atom. The third kappa shape index (κ3) is 3.50. The molecule has 0 aliphatic carbocycles. The number of para-hydroxylation sites is 1. The molecule has 0 saturated heterocycles. The van der Waals surface area contributed by atoms with Gasteiger partial charge in [-0.2, -0.15) is 0 Å². The maximum atomic E-state index is 12.9. The van der Waals surface area contributed by atoms with Gasteiger partial charge in [0.05, 0.1) is 6.54 Å². The van der Waals surface area contributed by atoms with Gasteiger partial charge in [-0.25, -0.2) is 4.98 Å². The van der Waals surface area contributed by atoms with Crippen LogP contribution >= 0.6 is 0 Å². The summed E-state index contributed by atoms with van der Waals surface area (Å²) in [4.78, 5) is 17.1. The summed E-state index contributed by atoms with van der Waals surface area (Å²) in [5.41, 5.74) is 3.49. The molecule has 0 atom stereocenters. The van der Waals surface area contributed by atoms with Crippen LogP contribution in [0.25, 0.3) is 11.3 Å². The summed E-state index contributed by atoms with van der Waals surface area (Å²) < 4.78 is 7.09. The molecule has 27 heavy (non-hydrogen) atoms. The number of rotatable bonds is 5. The van der Waals surface area contributed by atoms with Gasteiger partial charge in [0, 0.05) is 23.6 Å². The zero-order valence-electron chi connectivity index (χ0n) is 14.8. The number of amides is 1. The van der Waals surface area contributed by atoms with Crippen molar-refractivity contribution in [1.29, 1.82) is 0 Å². The fourth-order valence-corrected chi connectivity index (χ4v) is 2.93. The lowest BCUT2D eigenvalue weighted by molar-refractivity contribution is 0.102. The van der Waals surface area contributed by atoms with Gasteiger partial charge in [0.2, 0.25) is 0 Å². The van der Waals surface area contributed by atoms with E-state index in [1.807, 2.05) is 72.3 Å². The molecule has 2 heterocycles. The molecule has 0 saturated carbocycles. The number of anilines is 1. The highest BCUT2D eigenvalue weighted by Gasteiger charge is 2.18. The fourth-order valence-electron chi connectivity index (χ4n) is 2.93. The summed E-state index contributed by atoms with van der Waals surface area (Å²) in [7, 11) is 0. The minimum Gasteiger partial charge on any atom is -0.363 e. The molecule has 0 fully saturated rings. The zero-order chi connectivity index (χ0) is 18.6. The first kappa shape index (κ1) is 16.8. The van der Waals surface area contributed by atoms with Crippen LogP contribution in [0.1, 0.15) is 21.7 Å². The molecule has 6 heteroatoms. The molecule has 0 radical (unpaired) electrons. The number of benzene rings is 2. The number of aromatic nitrogens is 3. The van der Waals surface area contributed by atoms with E-state index < -0.39 is 0 Å². The van der Waals surface area contributed by atoms with Gasteiger partial charge in [0.25, 0.3) is 5.91 Å². The third-order valence-electron chi connectivity index (χ3n) is 4.39. The Morgan fingerprint density at radius 1 is 1.11 bits per heavy atom. The lowest BCUT2D eigenvalue weighted by Gasteiger charge is -2.12. The molecule has 6 nitrogen and oxygen atoms in total. The Hall–Kier alpha value is -3.67. The van der Waals surface area contributed by atoms with E-state index in [9.17, 15) is 4.79 Å². The van der Waals surface area contributed by atoms with E-state index in [2.05, 4.69) is 15.5 Å². The predicted octanol–water partition coefficient (Wildman–Crippen LogP) is 4.15. The zero-order valence-corrected chi connectivity index (χ0v) is 14.8. The van der Waals surface area contributed by atoms with Crippen molar-refractivity contribution in [3.05, 3.63) is 90.2 Å². The number of imidazole rings is 1. The second kappa shape index (κ2) is 7.29. The molecule has 0 unspecified atom stereocenters. The average molecular weight is 358 g/mol. The van der Waals surface area contributed by atoms with Gasteiger partial charge >= 0.3 is 0 Å². The van der Waals surface area contributed by atoms with Crippen LogP contribution in [0.5, 0.6) is 0 Å². The van der Waals surface area contributed by atoms with E-state index >= 15 is 0 Å². The van der Waals surface area contributed by atoms with Crippen LogP contribution in [0.2, 0.25) is 0 Å². The average Bonchev–Trinajstić information content (AvgIpc) is 3.34. The molecule has 4 aromatic rings. The summed E-state index contributed by atoms with van der Waals surface area (Å²) in [5, 5.41) is 6.98. The predicted molar refractivity (Wildman–Crippen MR) is 102 cm³/mol. The molecule has 1 amide bonds. The first-order valence-corrected chi connectivity index (χ1v) is 8.59. The summed E-state index contributed by atoms with van der Waals surface area (Å²) in [6.07, 6.45) is 5.06. The van der Waals surface area contributed by atoms with Crippen LogP contribution in [0.3, 0.4) is 0 Å². The second-order valence-corrected chi connectivity index (χ2v) is 6.16. The number of carbonyl (C=O) groups is 1. The molecule has 0 aliphatic heterocycles. The van der Waals surface area contributed by atoms with Crippen LogP contribution in [-0.2, 0) is 6.54 Å². The van der Waals surface area contributed by atoms with Crippen molar-refractivity contribution < 1.29 is 9.32 Å². The van der Waals surface area contributed by atoms with Gasteiger partial charge in [-0.1, -0.05) is 53.7 Å². The van der Waals surface area contributed by atoms with Gasteiger partial charge in [0.1, 0.15) is 23.3 Å². The number of aryl methyl sites for hydroxylation is 1. The first-order chi connectivity index (χ1) is 13.2. The van der Waals surface area contributed by atoms with Crippen molar-refractivity contribution in [3.63, 3.8) is 0 Å². The standard InChI is InChI=1S/C21H18N4O2/c1-15-22-11-12-25(15)13-17-9-5-6-10-19(17)23-21(26)18-14-27-24-20(18)16-7-3-2-4-8-16/h2-12,14H,13H2,1H3,(H,23,26). The summed E-state index contributed by atoms with van der Waals surface area (Å²) in [5.74, 6) is 0.659. The van der Waals surface area contributed by atoms with E-state index in [0.717, 1.165) is 22.6 Å². The molecule has 4 rings (SSSR count). The summed E-state index contributed by atoms with van der Waals surface area (Å²) in [6, 6.07) is 17.2. The Labute approximate surface area is 156 Å². The van der Waals surface area contributed by atoms with Crippen molar-refractivity contribution in [2.75, 3.05) is 5.32 Å². The summed E-state index contributed by atoms with van der Waals surface area (Å²) >= 11 is 0. The molecule has 2 aromatic heterocycles. The Bertz CT molecular complexity index is 1070. The topological polar surface area (TPSA) is 73.0 Å². The van der Waals surface area contributed by atoms with Gasteiger partial charge in [-0.3, -0.25) is 4.79 Å². The number of nitrogens with one attached hydrogen (secondary N) is 1. The molecule has 2 aromatic carbocycles. The van der Waals surface area contributed by atoms with Crippen LogP contribution < -0.4 is 5.32 Å². The normalized spacial score (nSPS) is 10.7. The van der Waals surface area contributed by atoms with Crippen LogP contribution in [0.4, 0.5) is 5.69 Å². The third-order valence-corrected chi connectivity index (χ3v) is 4.39. The highest BCUT2D eigenvalue weighted by molar-refractivity contribution is 6.08. The summed E-state index contributed by atoms with van der Waals surface area (Å²) in [6.45, 7) is 2.57. The van der Waals surface area contributed by atoms with Crippen molar-refractivity contribution in [1.82, 2.24) is 14.7 Å². The molecule has 0 spiro atoms. The Kier molecular flexibility index (Phi) is 4.53. The SMILES string of the molecule is Cc1nccn1Cc1ccccc1NC(=O)c1conc1-c1ccccc1. The lowest BCUT2D eigenvalue weighted by atomic mass is 10.1. The smallest absolute Gasteiger partial charge is 0.261 e. The minimum absolute atomic E-state index is 0.259. The van der Waals surface area contributed by atoms with Crippen molar-refractivity contribution in [2.24, 2.45) is 0 Å². The Balaban J connectivity index is 1.60. The van der Waals surface area contributed by atoms with Crippen molar-refractivity contribution in [3.8, 4) is 11.3 Å². The van der Waals surface area contributed by atoms with Gasteiger partial charge in [-0.15, -0.1) is 0 Å². The van der Waals surface area contributed by atoms with Gasteiger partial charge < -0.3 is 14.4 Å². The van der Waals surface area contributed by atoms with Crippen molar-refractivity contribution >= 4 is 11.6 Å². The van der Waals surface area contributed by atoms with E-state index in [-0.39, 0.29) is 5.91 Å². The van der Waals surface area contributed by atoms with Gasteiger partial charge in [0.15, 0.2) is 0 Å². The molecule has 134 valence electrons. The van der Waals surface area contributed by atoms with Crippen LogP contribution in [0, 0.1) is 6.92 Å². The molecule has 1 N–H and O–H groups in total. The van der Waals surface area contributed by atoms with Gasteiger partial charge in [-0.05, 0) is 18.6 Å². The largest absolute Gasteiger partial charge is 0.363 e. The molecule has 0 aliphatic rings. The molecular formula is C21H18N4O2. The maximum Gasteiger partial charge on any atom is 0.261 e. The van der Waals surface area contributed by atoms with E-state index in [1.54, 1.807) is 6.20 Å². The monoisotopic (exact) mass is 358 g/mol. The molecular weight excluding hydrogens is 340 g/mol. The highest BCUT2D eigenvalue weighted by atomic mass is 16.5. The fraction of sp³-hybridized carbons (Fsp3) is 0.0952. The number of hydrogen-bond donors (Lipinski definition) is 1. The Morgan fingerprint density at radius 3 is 2.67 bits per heavy atom. The highest BCUT2D eigenvalue weighted by Crippen LogP contribution is 2.24. The van der Waals surface area contributed by atoms with Crippen LogP contribution in [-0.4, -0.2) is 20.6 Å². The number of hydrogen-bond acceptors (Lipinski definition) is 4. The number of nitrogens with zero attached hydrogens (tertiary/aromatic N) is 3. The lowest BCUT2D eigenvalue weighted by Crippen LogP contribution is -2.14. The van der Waals surface area contributed by atoms with Crippen LogP contribution in [0.15, 0.2) is 77.8 Å². The number of carbonyl (C=O) groups excluding carboxylic acids is 1. The van der Waals surface area contributed by atoms with E-state index in [4.69, 9.17) is 4.52 Å². The maximum absolute atomic E-state index is 12.9. The van der Waals surface area contributed by atoms with E-state index in [1.165, 1.54) is 6.26 Å². The minimum atomic E-state index is -0.259.